The van der Waals surface area contributed by atoms with Crippen LogP contribution >= 0.6 is 0 Å². The molecule has 4 heteroatoms. The quantitative estimate of drug-likeness (QED) is 0.887. The molecule has 1 aliphatic heterocycles. The highest BCUT2D eigenvalue weighted by Crippen LogP contribution is 2.23. The minimum Gasteiger partial charge on any atom is -0.393 e. The van der Waals surface area contributed by atoms with Gasteiger partial charge >= 0.3 is 0 Å². The van der Waals surface area contributed by atoms with E-state index in [-0.39, 0.29) is 17.9 Å². The van der Waals surface area contributed by atoms with Crippen molar-refractivity contribution in [2.24, 2.45) is 5.92 Å². The van der Waals surface area contributed by atoms with Gasteiger partial charge in [0.2, 0.25) is 0 Å². The third kappa shape index (κ3) is 3.12. The molecule has 1 amide bonds. The summed E-state index contributed by atoms with van der Waals surface area (Å²) in [4.78, 5) is 14.3. The van der Waals surface area contributed by atoms with E-state index in [4.69, 9.17) is 0 Å². The van der Waals surface area contributed by atoms with Crippen LogP contribution < -0.4 is 5.32 Å². The van der Waals surface area contributed by atoms with Crippen LogP contribution in [0.1, 0.15) is 36.2 Å². The number of carbonyl (C=O) groups is 1. The number of hydrogen-bond donors (Lipinski definition) is 2. The molecule has 20 heavy (non-hydrogen) atoms. The monoisotopic (exact) mass is 276 g/mol. The van der Waals surface area contributed by atoms with E-state index < -0.39 is 0 Å². The van der Waals surface area contributed by atoms with Gasteiger partial charge in [0.15, 0.2) is 0 Å². The number of rotatable bonds is 4. The Morgan fingerprint density at radius 3 is 2.85 bits per heavy atom. The molecule has 0 aromatic heterocycles. The van der Waals surface area contributed by atoms with Gasteiger partial charge in [-0.15, -0.1) is 0 Å². The molecule has 110 valence electrons. The van der Waals surface area contributed by atoms with Crippen molar-refractivity contribution in [2.75, 3.05) is 25.0 Å². The fourth-order valence-corrected chi connectivity index (χ4v) is 2.73. The fraction of sp³-hybridized carbons (Fsp3) is 0.562. The second kappa shape index (κ2) is 6.27. The Bertz CT molecular complexity index is 485. The van der Waals surface area contributed by atoms with E-state index in [1.54, 1.807) is 6.92 Å². The molecular formula is C16H24N2O2. The van der Waals surface area contributed by atoms with Crippen molar-refractivity contribution in [1.82, 2.24) is 4.90 Å². The third-order valence-electron chi connectivity index (χ3n) is 4.03. The number of hydrogen-bond acceptors (Lipinski definition) is 3. The summed E-state index contributed by atoms with van der Waals surface area (Å²) in [6.45, 7) is 8.13. The van der Waals surface area contributed by atoms with Crippen molar-refractivity contribution in [2.45, 2.75) is 33.3 Å². The maximum Gasteiger partial charge on any atom is 0.253 e. The van der Waals surface area contributed by atoms with Gasteiger partial charge in [-0.05, 0) is 51.0 Å². The van der Waals surface area contributed by atoms with Gasteiger partial charge in [-0.2, -0.15) is 0 Å². The minimum atomic E-state index is -0.342. The normalized spacial score (nSPS) is 20.0. The zero-order valence-corrected chi connectivity index (χ0v) is 12.5. The van der Waals surface area contributed by atoms with E-state index in [9.17, 15) is 9.90 Å². The highest BCUT2D eigenvalue weighted by Gasteiger charge is 2.29. The van der Waals surface area contributed by atoms with Gasteiger partial charge in [-0.1, -0.05) is 0 Å². The summed E-state index contributed by atoms with van der Waals surface area (Å²) in [5.74, 6) is 0.278. The SMILES string of the molecule is CCNc1ccc(C(=O)N2CCC(C(C)O)C2)cc1C. The van der Waals surface area contributed by atoms with Crippen LogP contribution in [0.25, 0.3) is 0 Å². The first-order chi connectivity index (χ1) is 9.52. The molecule has 1 fully saturated rings. The van der Waals surface area contributed by atoms with E-state index in [0.29, 0.717) is 6.54 Å². The summed E-state index contributed by atoms with van der Waals surface area (Å²) in [6.07, 6.45) is 0.545. The lowest BCUT2D eigenvalue weighted by molar-refractivity contribution is 0.0762. The van der Waals surface area contributed by atoms with Crippen LogP contribution in [0, 0.1) is 12.8 Å². The second-order valence-electron chi connectivity index (χ2n) is 5.60. The molecule has 0 radical (unpaired) electrons. The maximum absolute atomic E-state index is 12.5. The summed E-state index contributed by atoms with van der Waals surface area (Å²) < 4.78 is 0. The van der Waals surface area contributed by atoms with Crippen molar-refractivity contribution >= 4 is 11.6 Å². The van der Waals surface area contributed by atoms with Crippen LogP contribution in [0.2, 0.25) is 0 Å². The van der Waals surface area contributed by atoms with Gasteiger partial charge in [0, 0.05) is 36.8 Å². The van der Waals surface area contributed by atoms with Crippen LogP contribution in [0.4, 0.5) is 5.69 Å². The van der Waals surface area contributed by atoms with Crippen molar-refractivity contribution in [1.29, 1.82) is 0 Å². The number of anilines is 1. The summed E-state index contributed by atoms with van der Waals surface area (Å²) in [5.41, 5.74) is 2.90. The average Bonchev–Trinajstić information content (AvgIpc) is 2.90. The van der Waals surface area contributed by atoms with Crippen molar-refractivity contribution in [3.63, 3.8) is 0 Å². The number of amides is 1. The zero-order chi connectivity index (χ0) is 14.7. The average molecular weight is 276 g/mol. The molecule has 1 aromatic rings. The van der Waals surface area contributed by atoms with Crippen LogP contribution in [-0.4, -0.2) is 41.7 Å². The first kappa shape index (κ1) is 14.9. The van der Waals surface area contributed by atoms with Gasteiger partial charge in [0.25, 0.3) is 5.91 Å². The number of benzene rings is 1. The Kier molecular flexibility index (Phi) is 4.65. The number of aliphatic hydroxyl groups excluding tert-OH is 1. The third-order valence-corrected chi connectivity index (χ3v) is 4.03. The highest BCUT2D eigenvalue weighted by molar-refractivity contribution is 5.95. The number of aliphatic hydroxyl groups is 1. The van der Waals surface area contributed by atoms with E-state index in [2.05, 4.69) is 12.2 Å². The molecule has 4 nitrogen and oxygen atoms in total. The largest absolute Gasteiger partial charge is 0.393 e. The molecule has 2 rings (SSSR count). The van der Waals surface area contributed by atoms with Gasteiger partial charge in [0.05, 0.1) is 6.10 Å². The van der Waals surface area contributed by atoms with E-state index >= 15 is 0 Å². The number of likely N-dealkylation sites (tertiary alicyclic amines) is 1. The molecule has 2 N–H and O–H groups in total. The smallest absolute Gasteiger partial charge is 0.253 e. The van der Waals surface area contributed by atoms with E-state index in [0.717, 1.165) is 36.3 Å². The molecule has 1 aliphatic rings. The Balaban J connectivity index is 2.08. The van der Waals surface area contributed by atoms with Crippen LogP contribution in [0.15, 0.2) is 18.2 Å². The van der Waals surface area contributed by atoms with Gasteiger partial charge in [-0.25, -0.2) is 0 Å². The Labute approximate surface area is 120 Å². The lowest BCUT2D eigenvalue weighted by Crippen LogP contribution is -2.30. The summed E-state index contributed by atoms with van der Waals surface area (Å²) in [5, 5.41) is 12.9. The van der Waals surface area contributed by atoms with E-state index in [1.165, 1.54) is 0 Å². The maximum atomic E-state index is 12.5. The summed E-state index contributed by atoms with van der Waals surface area (Å²) in [6, 6.07) is 5.79. The van der Waals surface area contributed by atoms with Crippen LogP contribution in [-0.2, 0) is 0 Å². The van der Waals surface area contributed by atoms with Crippen LogP contribution in [0.5, 0.6) is 0 Å². The molecule has 0 spiro atoms. The molecule has 2 atom stereocenters. The van der Waals surface area contributed by atoms with E-state index in [1.807, 2.05) is 30.0 Å². The summed E-state index contributed by atoms with van der Waals surface area (Å²) in [7, 11) is 0. The molecule has 2 unspecified atom stereocenters. The minimum absolute atomic E-state index is 0.0688. The standard InChI is InChI=1S/C16H24N2O2/c1-4-17-15-6-5-13(9-11(15)2)16(20)18-8-7-14(10-18)12(3)19/h5-6,9,12,14,17,19H,4,7-8,10H2,1-3H3. The Morgan fingerprint density at radius 2 is 2.30 bits per heavy atom. The Hall–Kier alpha value is -1.55. The number of carbonyl (C=O) groups excluding carboxylic acids is 1. The second-order valence-corrected chi connectivity index (χ2v) is 5.60. The molecule has 1 heterocycles. The lowest BCUT2D eigenvalue weighted by Gasteiger charge is -2.18. The van der Waals surface area contributed by atoms with Gasteiger partial charge in [0.1, 0.15) is 0 Å². The van der Waals surface area contributed by atoms with Crippen molar-refractivity contribution in [3.05, 3.63) is 29.3 Å². The van der Waals surface area contributed by atoms with Crippen LogP contribution in [0.3, 0.4) is 0 Å². The molecule has 1 aromatic carbocycles. The zero-order valence-electron chi connectivity index (χ0n) is 12.5. The molecule has 0 saturated carbocycles. The molecule has 0 bridgehead atoms. The topological polar surface area (TPSA) is 52.6 Å². The molecular weight excluding hydrogens is 252 g/mol. The number of aryl methyl sites for hydroxylation is 1. The molecule has 0 aliphatic carbocycles. The highest BCUT2D eigenvalue weighted by atomic mass is 16.3. The number of nitrogens with zero attached hydrogens (tertiary/aromatic N) is 1. The Morgan fingerprint density at radius 1 is 1.55 bits per heavy atom. The first-order valence-electron chi connectivity index (χ1n) is 7.34. The summed E-state index contributed by atoms with van der Waals surface area (Å²) >= 11 is 0. The lowest BCUT2D eigenvalue weighted by atomic mass is 10.0. The predicted octanol–water partition coefficient (Wildman–Crippen LogP) is 2.27. The molecule has 1 saturated heterocycles. The van der Waals surface area contributed by atoms with Crippen molar-refractivity contribution in [3.8, 4) is 0 Å². The first-order valence-corrected chi connectivity index (χ1v) is 7.34. The van der Waals surface area contributed by atoms with Crippen molar-refractivity contribution < 1.29 is 9.90 Å². The fourth-order valence-electron chi connectivity index (χ4n) is 2.73. The van der Waals surface area contributed by atoms with Gasteiger partial charge < -0.3 is 15.3 Å². The number of nitrogens with one attached hydrogen (secondary N) is 1. The van der Waals surface area contributed by atoms with Gasteiger partial charge in [-0.3, -0.25) is 4.79 Å². The predicted molar refractivity (Wildman–Crippen MR) is 81.0 cm³/mol.